The number of imidazole rings is 1. The van der Waals surface area contributed by atoms with Gasteiger partial charge in [0.15, 0.2) is 17.1 Å². The third kappa shape index (κ3) is 3.98. The predicted octanol–water partition coefficient (Wildman–Crippen LogP) is 6.41. The molecule has 0 bridgehead atoms. The van der Waals surface area contributed by atoms with Crippen molar-refractivity contribution in [2.75, 3.05) is 5.32 Å². The van der Waals surface area contributed by atoms with Gasteiger partial charge < -0.3 is 10.3 Å². The summed E-state index contributed by atoms with van der Waals surface area (Å²) in [5, 5.41) is 11.6. The van der Waals surface area contributed by atoms with Crippen LogP contribution in [0, 0.1) is 18.7 Å². The summed E-state index contributed by atoms with van der Waals surface area (Å²) < 4.78 is 14.1. The van der Waals surface area contributed by atoms with Crippen molar-refractivity contribution in [3.63, 3.8) is 0 Å². The number of hydrogen-bond donors (Lipinski definition) is 3. The third-order valence-electron chi connectivity index (χ3n) is 6.84. The van der Waals surface area contributed by atoms with E-state index in [4.69, 9.17) is 4.98 Å². The summed E-state index contributed by atoms with van der Waals surface area (Å²) in [4.78, 5) is 21.5. The molecule has 0 unspecified atom stereocenters. The maximum Gasteiger partial charge on any atom is 0.181 e. The molecule has 1 fully saturated rings. The van der Waals surface area contributed by atoms with Gasteiger partial charge in [-0.3, -0.25) is 10.1 Å². The van der Waals surface area contributed by atoms with Gasteiger partial charge in [0.05, 0.1) is 22.8 Å². The molecule has 8 nitrogen and oxygen atoms in total. The van der Waals surface area contributed by atoms with E-state index in [-0.39, 0.29) is 5.82 Å². The van der Waals surface area contributed by atoms with Crippen molar-refractivity contribution in [1.82, 2.24) is 35.1 Å². The number of aryl methyl sites for hydroxylation is 1. The number of nitrogens with one attached hydrogen (secondary N) is 3. The summed E-state index contributed by atoms with van der Waals surface area (Å²) >= 11 is 0. The van der Waals surface area contributed by atoms with Crippen LogP contribution in [0.1, 0.15) is 18.4 Å². The zero-order valence-electron chi connectivity index (χ0n) is 20.6. The fourth-order valence-corrected chi connectivity index (χ4v) is 4.79. The summed E-state index contributed by atoms with van der Waals surface area (Å²) in [5.74, 6) is 0.839. The van der Waals surface area contributed by atoms with E-state index in [0.29, 0.717) is 28.7 Å². The maximum atomic E-state index is 14.1. The van der Waals surface area contributed by atoms with Crippen molar-refractivity contribution >= 4 is 27.9 Å². The fourth-order valence-electron chi connectivity index (χ4n) is 4.79. The number of H-pyrrole nitrogens is 2. The Hall–Kier alpha value is -4.92. The molecule has 0 aliphatic heterocycles. The van der Waals surface area contributed by atoms with Crippen molar-refractivity contribution in [2.45, 2.75) is 19.8 Å². The van der Waals surface area contributed by atoms with Crippen LogP contribution in [-0.2, 0) is 0 Å². The van der Waals surface area contributed by atoms with Crippen LogP contribution >= 0.6 is 0 Å². The molecule has 1 saturated carbocycles. The number of fused-ring (bicyclic) bond motifs is 2. The molecule has 0 atom stereocenters. The lowest BCUT2D eigenvalue weighted by Gasteiger charge is -2.09. The molecule has 186 valence electrons. The smallest absolute Gasteiger partial charge is 0.181 e. The Labute approximate surface area is 217 Å². The first kappa shape index (κ1) is 22.3. The van der Waals surface area contributed by atoms with Gasteiger partial charge in [-0.25, -0.2) is 19.3 Å². The van der Waals surface area contributed by atoms with E-state index in [2.05, 4.69) is 42.0 Å². The number of aromatic amines is 2. The first-order chi connectivity index (χ1) is 18.5. The van der Waals surface area contributed by atoms with Gasteiger partial charge >= 0.3 is 0 Å². The Morgan fingerprint density at radius 3 is 2.71 bits per heavy atom. The highest BCUT2D eigenvalue weighted by Gasteiger charge is 2.24. The first-order valence-corrected chi connectivity index (χ1v) is 12.4. The van der Waals surface area contributed by atoms with Gasteiger partial charge in [-0.1, -0.05) is 12.6 Å². The second-order valence-electron chi connectivity index (χ2n) is 9.74. The Morgan fingerprint density at radius 2 is 1.87 bits per heavy atom. The lowest BCUT2D eigenvalue weighted by Crippen LogP contribution is -2.00. The van der Waals surface area contributed by atoms with Gasteiger partial charge in [-0.15, -0.1) is 0 Å². The van der Waals surface area contributed by atoms with E-state index in [9.17, 15) is 4.39 Å². The van der Waals surface area contributed by atoms with Gasteiger partial charge in [-0.05, 0) is 67.1 Å². The molecule has 1 aliphatic rings. The average molecular weight is 503 g/mol. The highest BCUT2D eigenvalue weighted by molar-refractivity contribution is 5.96. The molecule has 5 heterocycles. The lowest BCUT2D eigenvalue weighted by molar-refractivity contribution is 0.627. The molecule has 0 radical (unpaired) electrons. The molecule has 0 spiro atoms. The van der Waals surface area contributed by atoms with Crippen LogP contribution in [0.15, 0.2) is 73.5 Å². The maximum absolute atomic E-state index is 14.1. The normalized spacial score (nSPS) is 13.3. The molecule has 0 amide bonds. The van der Waals surface area contributed by atoms with E-state index in [1.165, 1.54) is 25.0 Å². The average Bonchev–Trinajstić information content (AvgIpc) is 3.54. The summed E-state index contributed by atoms with van der Waals surface area (Å²) in [7, 11) is 0. The summed E-state index contributed by atoms with van der Waals surface area (Å²) in [6, 6.07) is 10.9. The van der Waals surface area contributed by atoms with Crippen LogP contribution in [0.5, 0.6) is 0 Å². The summed E-state index contributed by atoms with van der Waals surface area (Å²) in [5.41, 5.74) is 8.69. The van der Waals surface area contributed by atoms with Crippen LogP contribution < -0.4 is 5.32 Å². The number of halogens is 1. The molecule has 1 aromatic carbocycles. The van der Waals surface area contributed by atoms with Gasteiger partial charge in [0.25, 0.3) is 0 Å². The number of pyridine rings is 3. The molecular weight excluding hydrogens is 479 g/mol. The topological polar surface area (TPSA) is 108 Å². The first-order valence-electron chi connectivity index (χ1n) is 12.4. The van der Waals surface area contributed by atoms with Crippen molar-refractivity contribution in [2.24, 2.45) is 5.92 Å². The molecule has 0 saturated heterocycles. The van der Waals surface area contributed by atoms with Crippen molar-refractivity contribution in [3.05, 3.63) is 84.8 Å². The summed E-state index contributed by atoms with van der Waals surface area (Å²) in [6.45, 7) is 6.02. The van der Waals surface area contributed by atoms with Gasteiger partial charge in [0.1, 0.15) is 11.5 Å². The van der Waals surface area contributed by atoms with Crippen molar-refractivity contribution in [3.8, 4) is 33.8 Å². The van der Waals surface area contributed by atoms with E-state index < -0.39 is 0 Å². The van der Waals surface area contributed by atoms with Crippen LogP contribution in [-0.4, -0.2) is 35.1 Å². The van der Waals surface area contributed by atoms with Crippen LogP contribution in [0.3, 0.4) is 0 Å². The van der Waals surface area contributed by atoms with Crippen LogP contribution in [0.25, 0.3) is 56.0 Å². The number of hydrogen-bond acceptors (Lipinski definition) is 6. The zero-order valence-corrected chi connectivity index (χ0v) is 20.6. The van der Waals surface area contributed by atoms with E-state index >= 15 is 0 Å². The second-order valence-corrected chi connectivity index (χ2v) is 9.74. The van der Waals surface area contributed by atoms with Crippen molar-refractivity contribution in [1.29, 1.82) is 0 Å². The predicted molar refractivity (Wildman–Crippen MR) is 146 cm³/mol. The summed E-state index contributed by atoms with van der Waals surface area (Å²) in [6.07, 6.45) is 9.44. The highest BCUT2D eigenvalue weighted by Crippen LogP contribution is 2.36. The quantitative estimate of drug-likeness (QED) is 0.243. The minimum atomic E-state index is -0.284. The Bertz CT molecular complexity index is 1840. The lowest BCUT2D eigenvalue weighted by atomic mass is 10.0. The molecule has 6 aromatic rings. The minimum absolute atomic E-state index is 0.284. The number of rotatable bonds is 6. The van der Waals surface area contributed by atoms with Crippen molar-refractivity contribution < 1.29 is 4.39 Å². The van der Waals surface area contributed by atoms with Crippen LogP contribution in [0.4, 0.5) is 10.1 Å². The van der Waals surface area contributed by atoms with Gasteiger partial charge in [0.2, 0.25) is 0 Å². The monoisotopic (exact) mass is 502 g/mol. The number of nitrogens with zero attached hydrogens (tertiary/aromatic N) is 5. The fraction of sp³-hybridized carbons (Fsp3) is 0.138. The Kier molecular flexibility index (Phi) is 5.04. The molecule has 5 aromatic heterocycles. The SMILES string of the molecule is C=C(Nc1cncc(-c2cnc3n[nH]c(-c4nc5nccc(-c6cc(C)cc(F)c6)c5[nH]4)c3c2)c1)C1CC1. The standard InChI is InChI=1S/C29H23FN8/c1-15-7-18(9-21(30)8-15)23-5-6-32-28-25(23)35-29(36-28)26-24-11-20(13-33-27(24)38-37-26)19-10-22(14-31-12-19)34-16(2)17-3-4-17/h5-14,17,34H,2-4H2,1H3,(H,32,35,36)(H,33,37,38). The minimum Gasteiger partial charge on any atom is -0.358 e. The molecule has 7 rings (SSSR count). The zero-order chi connectivity index (χ0) is 25.8. The Balaban J connectivity index is 1.29. The van der Waals surface area contributed by atoms with E-state index in [1.807, 2.05) is 37.4 Å². The number of aromatic nitrogens is 7. The van der Waals surface area contributed by atoms with E-state index in [1.54, 1.807) is 18.6 Å². The van der Waals surface area contributed by atoms with Gasteiger partial charge in [0, 0.05) is 41.0 Å². The third-order valence-corrected chi connectivity index (χ3v) is 6.84. The largest absolute Gasteiger partial charge is 0.358 e. The molecule has 1 aliphatic carbocycles. The molecule has 3 N–H and O–H groups in total. The molecule has 38 heavy (non-hydrogen) atoms. The number of benzene rings is 1. The van der Waals surface area contributed by atoms with Gasteiger partial charge in [-0.2, -0.15) is 5.10 Å². The Morgan fingerprint density at radius 1 is 1.00 bits per heavy atom. The highest BCUT2D eigenvalue weighted by atomic mass is 19.1. The number of anilines is 1. The van der Waals surface area contributed by atoms with Crippen LogP contribution in [0.2, 0.25) is 0 Å². The molecule has 9 heteroatoms. The van der Waals surface area contributed by atoms with E-state index in [0.717, 1.165) is 50.1 Å². The second kappa shape index (κ2) is 8.58. The number of allylic oxidation sites excluding steroid dienone is 1. The molecular formula is C29H23FN8.